The lowest BCUT2D eigenvalue weighted by Gasteiger charge is -2.33. The molecule has 22 nitrogen and oxygen atoms in total. The zero-order chi connectivity index (χ0) is 62.8. The Morgan fingerprint density at radius 3 is 1.57 bits per heavy atom. The van der Waals surface area contributed by atoms with E-state index in [-0.39, 0.29) is 69.9 Å². The van der Waals surface area contributed by atoms with Gasteiger partial charge < -0.3 is 62.2 Å². The van der Waals surface area contributed by atoms with Gasteiger partial charge in [0.2, 0.25) is 59.1 Å². The van der Waals surface area contributed by atoms with Crippen molar-refractivity contribution < 1.29 is 57.4 Å². The number of carbonyl (C=O) groups excluding carboxylic acids is 10. The maximum Gasteiger partial charge on any atom is 0.245 e. The molecule has 0 spiro atoms. The molecule has 10 atom stereocenters. The molecule has 2 aromatic rings. The van der Waals surface area contributed by atoms with Gasteiger partial charge in [-0.3, -0.25) is 47.9 Å². The lowest BCUT2D eigenvalue weighted by atomic mass is 9.99. The molecule has 2 saturated heterocycles. The molecule has 2 aliphatic heterocycles. The standard InChI is InChI=1S/C62H96N10O12/c1-35(2)31-44-54(76)63-29-19-24-49(73)64-38(7)52(74)66-45(33-41-21-17-16-18-22-41)56(78)69-47(32-36(3)4)60(82)72-30-20-23-48(72)57(79)65-39(8)53(75)71-51(40(9)83-61(10,11)12)59(81)70-50(37(5)6)58(80)68-46(55(77)67-44)34-42-25-27-43(28-26-42)84-62(13,14)15/h16-18,21-22,25-28,35-40,44-48,50-51H,19-20,23-24,29-34H2,1-15H3,(H,63,76)(H,64,73)(H,65,79)(H,66,74)(H,67,77)(H,68,80)(H,69,78)(H,70,81)(H,71,75)/t38-,39-,40+,44-,45-,46-,47-,48-,50-,51-/m0/s1. The third-order valence-corrected chi connectivity index (χ3v) is 14.1. The fraction of sp³-hybridized carbons (Fsp3) is 0.645. The maximum absolute atomic E-state index is 14.6. The number of nitrogens with one attached hydrogen (secondary N) is 9. The highest BCUT2D eigenvalue weighted by molar-refractivity contribution is 5.99. The van der Waals surface area contributed by atoms with Crippen molar-refractivity contribution in [2.24, 2.45) is 17.8 Å². The molecule has 2 aromatic carbocycles. The van der Waals surface area contributed by atoms with Crippen molar-refractivity contribution in [2.75, 3.05) is 13.1 Å². The predicted molar refractivity (Wildman–Crippen MR) is 318 cm³/mol. The summed E-state index contributed by atoms with van der Waals surface area (Å²) in [5.41, 5.74) is 0.0360. The Bertz CT molecular complexity index is 2580. The van der Waals surface area contributed by atoms with E-state index in [1.54, 1.807) is 96.1 Å². The molecular weight excluding hydrogens is 1080 g/mol. The molecule has 84 heavy (non-hydrogen) atoms. The van der Waals surface area contributed by atoms with Crippen molar-refractivity contribution in [1.82, 2.24) is 52.8 Å². The van der Waals surface area contributed by atoms with Crippen molar-refractivity contribution in [3.05, 3.63) is 65.7 Å². The molecule has 0 saturated carbocycles. The highest BCUT2D eigenvalue weighted by atomic mass is 16.5. The summed E-state index contributed by atoms with van der Waals surface area (Å²) in [6.45, 7) is 26.6. The Labute approximate surface area is 496 Å². The summed E-state index contributed by atoms with van der Waals surface area (Å²) >= 11 is 0. The van der Waals surface area contributed by atoms with E-state index in [0.29, 0.717) is 23.3 Å². The second-order valence-corrected chi connectivity index (χ2v) is 25.5. The van der Waals surface area contributed by atoms with Crippen LogP contribution in [0, 0.1) is 17.8 Å². The third-order valence-electron chi connectivity index (χ3n) is 14.1. The Morgan fingerprint density at radius 2 is 1.01 bits per heavy atom. The Kier molecular flexibility index (Phi) is 26.2. The molecule has 0 aliphatic carbocycles. The molecule has 10 amide bonds. The first-order valence-corrected chi connectivity index (χ1v) is 29.7. The first kappa shape index (κ1) is 69.4. The largest absolute Gasteiger partial charge is 0.488 e. The number of ether oxygens (including phenoxy) is 2. The quantitative estimate of drug-likeness (QED) is 0.148. The molecule has 0 bridgehead atoms. The summed E-state index contributed by atoms with van der Waals surface area (Å²) in [7, 11) is 0. The number of rotatable bonds is 12. The second-order valence-electron chi connectivity index (χ2n) is 25.5. The van der Waals surface area contributed by atoms with Crippen LogP contribution in [-0.2, 0) is 65.5 Å². The number of benzene rings is 2. The predicted octanol–water partition coefficient (Wildman–Crippen LogP) is 3.42. The van der Waals surface area contributed by atoms with Gasteiger partial charge in [0, 0.05) is 32.4 Å². The van der Waals surface area contributed by atoms with E-state index >= 15 is 0 Å². The summed E-state index contributed by atoms with van der Waals surface area (Å²) in [5.74, 6) is -6.75. The van der Waals surface area contributed by atoms with Gasteiger partial charge in [0.05, 0.1) is 11.7 Å². The van der Waals surface area contributed by atoms with Crippen molar-refractivity contribution >= 4 is 59.1 Å². The topological polar surface area (TPSA) is 301 Å². The second kappa shape index (κ2) is 31.7. The Balaban J connectivity index is 1.75. The van der Waals surface area contributed by atoms with E-state index in [1.165, 1.54) is 18.7 Å². The summed E-state index contributed by atoms with van der Waals surface area (Å²) in [6, 6.07) is 5.16. The minimum Gasteiger partial charge on any atom is -0.488 e. The van der Waals surface area contributed by atoms with Crippen LogP contribution in [0.15, 0.2) is 54.6 Å². The number of hydrogen-bond donors (Lipinski definition) is 9. The fourth-order valence-electron chi connectivity index (χ4n) is 9.97. The lowest BCUT2D eigenvalue weighted by molar-refractivity contribution is -0.143. The normalized spacial score (nSPS) is 25.5. The van der Waals surface area contributed by atoms with Crippen LogP contribution in [0.5, 0.6) is 5.75 Å². The van der Waals surface area contributed by atoms with Crippen LogP contribution in [-0.4, -0.2) is 149 Å². The van der Waals surface area contributed by atoms with Gasteiger partial charge in [-0.15, -0.1) is 0 Å². The highest BCUT2D eigenvalue weighted by Gasteiger charge is 2.41. The van der Waals surface area contributed by atoms with Crippen molar-refractivity contribution in [3.63, 3.8) is 0 Å². The average Bonchev–Trinajstić information content (AvgIpc) is 4.11. The van der Waals surface area contributed by atoms with Crippen molar-refractivity contribution in [2.45, 2.75) is 227 Å². The van der Waals surface area contributed by atoms with Crippen LogP contribution in [0.4, 0.5) is 0 Å². The summed E-state index contributed by atoms with van der Waals surface area (Å²) < 4.78 is 12.2. The first-order valence-electron chi connectivity index (χ1n) is 29.7. The molecule has 2 aliphatic rings. The number of hydrogen-bond acceptors (Lipinski definition) is 12. The summed E-state index contributed by atoms with van der Waals surface area (Å²) in [6.07, 6.45) is 0.120. The average molecular weight is 1170 g/mol. The molecule has 4 rings (SSSR count). The maximum atomic E-state index is 14.6. The molecule has 0 radical (unpaired) electrons. The monoisotopic (exact) mass is 1170 g/mol. The summed E-state index contributed by atoms with van der Waals surface area (Å²) in [4.78, 5) is 144. The number of carbonyl (C=O) groups is 10. The zero-order valence-corrected chi connectivity index (χ0v) is 52.1. The third kappa shape index (κ3) is 22.8. The van der Waals surface area contributed by atoms with E-state index in [4.69, 9.17) is 9.47 Å². The highest BCUT2D eigenvalue weighted by Crippen LogP contribution is 2.23. The minimum atomic E-state index is -1.43. The van der Waals surface area contributed by atoms with Crippen LogP contribution < -0.4 is 52.6 Å². The van der Waals surface area contributed by atoms with Crippen LogP contribution >= 0.6 is 0 Å². The van der Waals surface area contributed by atoms with Crippen LogP contribution in [0.25, 0.3) is 0 Å². The Morgan fingerprint density at radius 1 is 0.512 bits per heavy atom. The zero-order valence-electron chi connectivity index (χ0n) is 52.1. The van der Waals surface area contributed by atoms with E-state index in [0.717, 1.165) is 0 Å². The fourth-order valence-corrected chi connectivity index (χ4v) is 9.97. The van der Waals surface area contributed by atoms with Crippen molar-refractivity contribution in [3.8, 4) is 5.75 Å². The molecule has 466 valence electrons. The number of fused-ring (bicyclic) bond motifs is 1. The van der Waals surface area contributed by atoms with E-state index in [9.17, 15) is 47.9 Å². The van der Waals surface area contributed by atoms with E-state index < -0.39 is 137 Å². The lowest BCUT2D eigenvalue weighted by Crippen LogP contribution is -2.63. The van der Waals surface area contributed by atoms with Gasteiger partial charge in [0.1, 0.15) is 65.7 Å². The van der Waals surface area contributed by atoms with Gasteiger partial charge in [-0.2, -0.15) is 0 Å². The van der Waals surface area contributed by atoms with Crippen LogP contribution in [0.3, 0.4) is 0 Å². The molecule has 0 aromatic heterocycles. The van der Waals surface area contributed by atoms with Gasteiger partial charge in [-0.25, -0.2) is 0 Å². The molecular formula is C62H96N10O12. The Hall–Kier alpha value is -7.10. The SMILES string of the molecule is CC(C)C[C@@H]1NC(=O)[C@H](Cc2ccc(OC(C)(C)C)cc2)NC(=O)[C@H](C(C)C)NC(=O)[C@H]([C@@H](C)OC(C)(C)C)NC(=O)[C@H](C)NC(=O)[C@@H]2CCCN2C(=O)[C@H](CC(C)C)NC(=O)[C@H](Cc2ccccc2)NC(=O)[C@H](C)NC(=O)CCCNC1=O. The molecule has 9 N–H and O–H groups in total. The number of nitrogens with zero attached hydrogens (tertiary/aromatic N) is 1. The van der Waals surface area contributed by atoms with Gasteiger partial charge in [-0.05, 0) is 135 Å². The van der Waals surface area contributed by atoms with E-state index in [2.05, 4.69) is 47.9 Å². The van der Waals surface area contributed by atoms with Crippen molar-refractivity contribution in [1.29, 1.82) is 0 Å². The first-order chi connectivity index (χ1) is 39.2. The van der Waals surface area contributed by atoms with Gasteiger partial charge in [0.15, 0.2) is 0 Å². The van der Waals surface area contributed by atoms with Crippen LogP contribution in [0.2, 0.25) is 0 Å². The molecule has 0 unspecified atom stereocenters. The molecule has 2 fully saturated rings. The smallest absolute Gasteiger partial charge is 0.245 e. The van der Waals surface area contributed by atoms with Gasteiger partial charge in [0.25, 0.3) is 0 Å². The van der Waals surface area contributed by atoms with Gasteiger partial charge in [-0.1, -0.05) is 84.0 Å². The molecule has 2 heterocycles. The molecule has 22 heteroatoms. The van der Waals surface area contributed by atoms with E-state index in [1.807, 2.05) is 48.5 Å². The van der Waals surface area contributed by atoms with Gasteiger partial charge >= 0.3 is 0 Å². The summed E-state index contributed by atoms with van der Waals surface area (Å²) in [5, 5.41) is 25.1. The minimum absolute atomic E-state index is 0.0222. The number of amides is 10. The van der Waals surface area contributed by atoms with Crippen LogP contribution in [0.1, 0.15) is 154 Å².